The predicted octanol–water partition coefficient (Wildman–Crippen LogP) is 5.77. The Hall–Kier alpha value is -4.00. The largest absolute Gasteiger partial charge is 0.489 e. The summed E-state index contributed by atoms with van der Waals surface area (Å²) in [6, 6.07) is 18.4. The van der Waals surface area contributed by atoms with E-state index < -0.39 is 0 Å². The monoisotopic (exact) mass is 533 g/mol. The van der Waals surface area contributed by atoms with Crippen LogP contribution in [-0.2, 0) is 36.3 Å². The van der Waals surface area contributed by atoms with Crippen molar-refractivity contribution in [3.63, 3.8) is 0 Å². The number of fused-ring (bicyclic) bond motifs is 3. The predicted molar refractivity (Wildman–Crippen MR) is 152 cm³/mol. The summed E-state index contributed by atoms with van der Waals surface area (Å²) in [5.74, 6) is 0.941. The molecule has 0 aliphatic heterocycles. The van der Waals surface area contributed by atoms with Crippen LogP contribution >= 0.6 is 0 Å². The zero-order valence-corrected chi connectivity index (χ0v) is 22.8. The van der Waals surface area contributed by atoms with Gasteiger partial charge in [0.15, 0.2) is 0 Å². The smallest absolute Gasteiger partial charge is 0.226 e. The van der Waals surface area contributed by atoms with Crippen LogP contribution < -0.4 is 10.1 Å². The van der Waals surface area contributed by atoms with Crippen LogP contribution in [0.15, 0.2) is 73.2 Å². The first kappa shape index (κ1) is 25.0. The third-order valence-electron chi connectivity index (χ3n) is 9.49. The van der Waals surface area contributed by atoms with Crippen molar-refractivity contribution in [1.82, 2.24) is 25.3 Å². The molecule has 0 radical (unpaired) electrons. The van der Waals surface area contributed by atoms with Crippen molar-refractivity contribution < 1.29 is 9.53 Å². The molecular formula is C33H35N5O2. The van der Waals surface area contributed by atoms with Gasteiger partial charge in [-0.25, -0.2) is 4.68 Å². The fourth-order valence-electron chi connectivity index (χ4n) is 7.23. The molecule has 4 aromatic rings. The molecule has 0 spiro atoms. The van der Waals surface area contributed by atoms with E-state index in [4.69, 9.17) is 4.74 Å². The van der Waals surface area contributed by atoms with E-state index in [0.29, 0.717) is 13.2 Å². The fraction of sp³-hybridized carbons (Fsp3) is 0.394. The highest BCUT2D eigenvalue weighted by Gasteiger charge is 2.59. The summed E-state index contributed by atoms with van der Waals surface area (Å²) in [6.07, 6.45) is 15.0. The number of para-hydroxylation sites is 1. The van der Waals surface area contributed by atoms with Gasteiger partial charge >= 0.3 is 0 Å². The number of nitrogens with zero attached hydrogens (tertiary/aromatic N) is 4. The number of amides is 1. The van der Waals surface area contributed by atoms with E-state index in [1.807, 2.05) is 36.4 Å². The molecule has 40 heavy (non-hydrogen) atoms. The zero-order valence-electron chi connectivity index (χ0n) is 22.8. The maximum absolute atomic E-state index is 13.6. The molecule has 2 heterocycles. The van der Waals surface area contributed by atoms with E-state index in [2.05, 4.69) is 49.7 Å². The molecule has 3 aliphatic carbocycles. The second-order valence-corrected chi connectivity index (χ2v) is 11.8. The van der Waals surface area contributed by atoms with Gasteiger partial charge in [0, 0.05) is 30.1 Å². The Bertz CT molecular complexity index is 1520. The van der Waals surface area contributed by atoms with Crippen LogP contribution in [0.4, 0.5) is 0 Å². The number of aryl methyl sites for hydroxylation is 1. The van der Waals surface area contributed by atoms with Gasteiger partial charge in [0.05, 0.1) is 17.2 Å². The maximum atomic E-state index is 13.6. The minimum absolute atomic E-state index is 0.122. The Kier molecular flexibility index (Phi) is 6.37. The van der Waals surface area contributed by atoms with Gasteiger partial charge in [-0.15, -0.1) is 5.10 Å². The van der Waals surface area contributed by atoms with Crippen LogP contribution in [0.2, 0.25) is 0 Å². The molecule has 1 N–H and O–H groups in total. The molecule has 2 aromatic heterocycles. The van der Waals surface area contributed by atoms with Crippen molar-refractivity contribution in [2.24, 2.45) is 5.41 Å². The molecule has 3 aliphatic rings. The number of hydrogen-bond donors (Lipinski definition) is 1. The standard InChI is InChI=1S/C33H35N5O2/c39-31(35-20-26-7-2-4-11-30(26)40-22-24-12-18-34-19-13-24)32-14-16-33(23-32,17-15-32)38-21-29(36-37-38)28-10-5-8-25-6-1-3-9-27(25)28/h2,4-5,7-8,10-13,18-19,21H,1,3,6,9,14-17,20,22-23H2,(H,35,39). The Morgan fingerprint density at radius 1 is 0.950 bits per heavy atom. The van der Waals surface area contributed by atoms with Gasteiger partial charge in [-0.2, -0.15) is 0 Å². The minimum atomic E-state index is -0.342. The quantitative estimate of drug-likeness (QED) is 0.311. The van der Waals surface area contributed by atoms with Crippen molar-refractivity contribution in [3.8, 4) is 17.0 Å². The summed E-state index contributed by atoms with van der Waals surface area (Å²) in [5, 5.41) is 12.5. The van der Waals surface area contributed by atoms with E-state index in [-0.39, 0.29) is 16.9 Å². The highest BCUT2D eigenvalue weighted by atomic mass is 16.5. The van der Waals surface area contributed by atoms with Gasteiger partial charge in [-0.3, -0.25) is 9.78 Å². The second-order valence-electron chi connectivity index (χ2n) is 11.8. The van der Waals surface area contributed by atoms with Crippen molar-refractivity contribution >= 4 is 5.91 Å². The first-order valence-electron chi connectivity index (χ1n) is 14.6. The number of hydrogen-bond acceptors (Lipinski definition) is 5. The number of pyridine rings is 1. The normalized spacial score (nSPS) is 23.1. The molecule has 2 aromatic carbocycles. The van der Waals surface area contributed by atoms with Gasteiger partial charge in [-0.05, 0) is 92.7 Å². The van der Waals surface area contributed by atoms with Gasteiger partial charge in [-0.1, -0.05) is 41.6 Å². The van der Waals surface area contributed by atoms with Gasteiger partial charge in [0.1, 0.15) is 18.1 Å². The molecular weight excluding hydrogens is 498 g/mol. The summed E-state index contributed by atoms with van der Waals surface area (Å²) >= 11 is 0. The molecule has 0 saturated heterocycles. The van der Waals surface area contributed by atoms with Crippen LogP contribution in [0.5, 0.6) is 5.75 Å². The minimum Gasteiger partial charge on any atom is -0.489 e. The maximum Gasteiger partial charge on any atom is 0.226 e. The Morgan fingerprint density at radius 3 is 2.65 bits per heavy atom. The molecule has 204 valence electrons. The lowest BCUT2D eigenvalue weighted by atomic mass is 9.83. The van der Waals surface area contributed by atoms with E-state index in [1.165, 1.54) is 29.5 Å². The average Bonchev–Trinajstić information content (AvgIpc) is 3.75. The Balaban J connectivity index is 1.03. The highest BCUT2D eigenvalue weighted by Crippen LogP contribution is 2.60. The molecule has 7 nitrogen and oxygen atoms in total. The van der Waals surface area contributed by atoms with Crippen LogP contribution in [0, 0.1) is 5.41 Å². The van der Waals surface area contributed by atoms with Crippen LogP contribution in [0.1, 0.15) is 67.2 Å². The van der Waals surface area contributed by atoms with Crippen LogP contribution in [0.3, 0.4) is 0 Å². The first-order valence-corrected chi connectivity index (χ1v) is 14.6. The van der Waals surface area contributed by atoms with Crippen molar-refractivity contribution in [2.75, 3.05) is 0 Å². The van der Waals surface area contributed by atoms with Crippen LogP contribution in [0.25, 0.3) is 11.3 Å². The number of ether oxygens (including phenoxy) is 1. The molecule has 0 unspecified atom stereocenters. The first-order chi connectivity index (χ1) is 19.6. The van der Waals surface area contributed by atoms with E-state index >= 15 is 0 Å². The zero-order chi connectivity index (χ0) is 27.0. The van der Waals surface area contributed by atoms with Crippen molar-refractivity contribution in [2.45, 2.75) is 76.5 Å². The van der Waals surface area contributed by atoms with E-state index in [1.54, 1.807) is 12.4 Å². The molecule has 2 bridgehead atoms. The molecule has 2 saturated carbocycles. The number of carbonyl (C=O) groups is 1. The van der Waals surface area contributed by atoms with Crippen LogP contribution in [-0.4, -0.2) is 25.9 Å². The molecule has 7 rings (SSSR count). The summed E-state index contributed by atoms with van der Waals surface area (Å²) in [6.45, 7) is 0.915. The lowest BCUT2D eigenvalue weighted by molar-refractivity contribution is -0.130. The SMILES string of the molecule is O=C(NCc1ccccc1OCc1ccncc1)C12CCC(n3cc(-c4cccc5c4CCCC5)nn3)(CC1)C2. The molecule has 7 heteroatoms. The van der Waals surface area contributed by atoms with Crippen molar-refractivity contribution in [3.05, 3.63) is 95.4 Å². The summed E-state index contributed by atoms with van der Waals surface area (Å²) < 4.78 is 8.18. The lowest BCUT2D eigenvalue weighted by Gasteiger charge is -2.27. The summed E-state index contributed by atoms with van der Waals surface area (Å²) in [7, 11) is 0. The number of carbonyl (C=O) groups excluding carboxylic acids is 1. The molecule has 0 atom stereocenters. The Labute approximate surface area is 235 Å². The van der Waals surface area contributed by atoms with Gasteiger partial charge in [0.2, 0.25) is 5.91 Å². The van der Waals surface area contributed by atoms with Crippen molar-refractivity contribution in [1.29, 1.82) is 0 Å². The number of aromatic nitrogens is 4. The third kappa shape index (κ3) is 4.47. The van der Waals surface area contributed by atoms with E-state index in [9.17, 15) is 4.79 Å². The topological polar surface area (TPSA) is 81.9 Å². The summed E-state index contributed by atoms with van der Waals surface area (Å²) in [4.78, 5) is 17.7. The third-order valence-corrected chi connectivity index (χ3v) is 9.49. The highest BCUT2D eigenvalue weighted by molar-refractivity contribution is 5.83. The number of rotatable bonds is 8. The number of nitrogens with one attached hydrogen (secondary N) is 1. The number of benzene rings is 2. The summed E-state index contributed by atoms with van der Waals surface area (Å²) in [5.41, 5.74) is 6.66. The Morgan fingerprint density at radius 2 is 1.77 bits per heavy atom. The van der Waals surface area contributed by atoms with Gasteiger partial charge in [0.25, 0.3) is 0 Å². The second kappa shape index (κ2) is 10.2. The molecule has 2 fully saturated rings. The molecule has 1 amide bonds. The van der Waals surface area contributed by atoms with Gasteiger partial charge < -0.3 is 10.1 Å². The lowest BCUT2D eigenvalue weighted by Crippen LogP contribution is -2.37. The average molecular weight is 534 g/mol. The van der Waals surface area contributed by atoms with E-state index in [0.717, 1.165) is 67.5 Å². The fourth-order valence-corrected chi connectivity index (χ4v) is 7.23.